The summed E-state index contributed by atoms with van der Waals surface area (Å²) in [4.78, 5) is 27.2. The highest BCUT2D eigenvalue weighted by Gasteiger charge is 2.47. The Kier molecular flexibility index (Phi) is 5.04. The van der Waals surface area contributed by atoms with Crippen LogP contribution in [0.1, 0.15) is 28.5 Å². The van der Waals surface area contributed by atoms with Crippen molar-refractivity contribution in [1.29, 1.82) is 0 Å². The minimum absolute atomic E-state index is 0.0573. The number of aliphatic hydroxyl groups is 1. The first-order chi connectivity index (χ1) is 14.1. The van der Waals surface area contributed by atoms with Gasteiger partial charge in [0.2, 0.25) is 0 Å². The molecule has 0 radical (unpaired) electrons. The van der Waals surface area contributed by atoms with E-state index < -0.39 is 17.7 Å². The Morgan fingerprint density at radius 2 is 1.72 bits per heavy atom. The first-order valence-electron chi connectivity index (χ1n) is 9.49. The third-order valence-electron chi connectivity index (χ3n) is 5.16. The van der Waals surface area contributed by atoms with Gasteiger partial charge in [-0.25, -0.2) is 0 Å². The highest BCUT2D eigenvalue weighted by Crippen LogP contribution is 2.39. The fourth-order valence-electron chi connectivity index (χ4n) is 3.61. The number of benzene rings is 2. The number of aliphatic hydroxyl groups excluding tert-OH is 1. The van der Waals surface area contributed by atoms with Gasteiger partial charge in [0.25, 0.3) is 11.7 Å². The van der Waals surface area contributed by atoms with Gasteiger partial charge < -0.3 is 14.4 Å². The largest absolute Gasteiger partial charge is 0.507 e. The van der Waals surface area contributed by atoms with E-state index in [0.29, 0.717) is 24.3 Å². The van der Waals surface area contributed by atoms with Crippen LogP contribution < -0.4 is 0 Å². The molecule has 2 aromatic carbocycles. The second-order valence-corrected chi connectivity index (χ2v) is 7.11. The number of aryl methyl sites for hydroxylation is 1. The molecular formula is C24H21NO4. The molecule has 1 saturated heterocycles. The van der Waals surface area contributed by atoms with E-state index in [1.165, 1.54) is 11.2 Å². The number of ketones is 1. The van der Waals surface area contributed by atoms with Crippen molar-refractivity contribution in [3.63, 3.8) is 0 Å². The standard InChI is InChI=1S/C24H21NO4/c1-16-9-11-18(12-10-16)22(26)20-21(19-8-5-15-29-19)25(24(28)23(20)27)14-13-17-6-3-2-4-7-17/h2-12,15,21,26H,13-14H2,1H3/b22-20+. The van der Waals surface area contributed by atoms with E-state index in [1.54, 1.807) is 24.3 Å². The van der Waals surface area contributed by atoms with E-state index in [-0.39, 0.29) is 11.3 Å². The van der Waals surface area contributed by atoms with Crippen LogP contribution in [0.25, 0.3) is 5.76 Å². The Bertz CT molecular complexity index is 1050. The molecule has 0 saturated carbocycles. The molecule has 1 aromatic heterocycles. The van der Waals surface area contributed by atoms with Crippen molar-refractivity contribution in [1.82, 2.24) is 4.90 Å². The van der Waals surface area contributed by atoms with Crippen LogP contribution >= 0.6 is 0 Å². The molecular weight excluding hydrogens is 366 g/mol. The van der Waals surface area contributed by atoms with E-state index in [2.05, 4.69) is 0 Å². The first-order valence-corrected chi connectivity index (χ1v) is 9.49. The summed E-state index contributed by atoms with van der Waals surface area (Å²) in [6.45, 7) is 2.28. The quantitative estimate of drug-likeness (QED) is 0.404. The van der Waals surface area contributed by atoms with E-state index in [1.807, 2.05) is 49.4 Å². The lowest BCUT2D eigenvalue weighted by Crippen LogP contribution is -2.31. The van der Waals surface area contributed by atoms with Crippen LogP contribution in [0.4, 0.5) is 0 Å². The summed E-state index contributed by atoms with van der Waals surface area (Å²) in [5.74, 6) is -1.06. The van der Waals surface area contributed by atoms with Crippen LogP contribution in [0.2, 0.25) is 0 Å². The number of carbonyl (C=O) groups excluding carboxylic acids is 2. The van der Waals surface area contributed by atoms with Crippen molar-refractivity contribution in [2.75, 3.05) is 6.54 Å². The maximum Gasteiger partial charge on any atom is 0.295 e. The van der Waals surface area contributed by atoms with Gasteiger partial charge in [0.05, 0.1) is 11.8 Å². The molecule has 1 N–H and O–H groups in total. The molecule has 1 aliphatic heterocycles. The van der Waals surface area contributed by atoms with Gasteiger partial charge >= 0.3 is 0 Å². The minimum Gasteiger partial charge on any atom is -0.507 e. The van der Waals surface area contributed by atoms with Crippen molar-refractivity contribution in [2.24, 2.45) is 0 Å². The lowest BCUT2D eigenvalue weighted by molar-refractivity contribution is -0.140. The Balaban J connectivity index is 1.74. The molecule has 0 spiro atoms. The van der Waals surface area contributed by atoms with Crippen molar-refractivity contribution in [2.45, 2.75) is 19.4 Å². The molecule has 5 heteroatoms. The molecule has 1 fully saturated rings. The molecule has 4 rings (SSSR count). The Morgan fingerprint density at radius 3 is 2.38 bits per heavy atom. The van der Waals surface area contributed by atoms with Crippen LogP contribution in [0.5, 0.6) is 0 Å². The topological polar surface area (TPSA) is 70.8 Å². The van der Waals surface area contributed by atoms with Gasteiger partial charge in [0.15, 0.2) is 0 Å². The second kappa shape index (κ2) is 7.80. The summed E-state index contributed by atoms with van der Waals surface area (Å²) < 4.78 is 5.54. The molecule has 1 aliphatic rings. The van der Waals surface area contributed by atoms with Gasteiger partial charge in [0, 0.05) is 12.1 Å². The highest BCUT2D eigenvalue weighted by atomic mass is 16.3. The minimum atomic E-state index is -0.755. The maximum atomic E-state index is 12.9. The summed E-state index contributed by atoms with van der Waals surface area (Å²) in [6, 6.07) is 19.6. The van der Waals surface area contributed by atoms with Crippen LogP contribution in [0, 0.1) is 6.92 Å². The molecule has 2 heterocycles. The fourth-order valence-corrected chi connectivity index (χ4v) is 3.61. The molecule has 146 valence electrons. The zero-order valence-corrected chi connectivity index (χ0v) is 16.0. The monoisotopic (exact) mass is 387 g/mol. The summed E-state index contributed by atoms with van der Waals surface area (Å²) in [5.41, 5.74) is 2.65. The Labute approximate surface area is 168 Å². The average Bonchev–Trinajstić information content (AvgIpc) is 3.35. The lowest BCUT2D eigenvalue weighted by atomic mass is 9.98. The van der Waals surface area contributed by atoms with Crippen molar-refractivity contribution in [3.8, 4) is 0 Å². The number of hydrogen-bond donors (Lipinski definition) is 1. The predicted octanol–water partition coefficient (Wildman–Crippen LogP) is 4.25. The number of carbonyl (C=O) groups is 2. The van der Waals surface area contributed by atoms with E-state index in [0.717, 1.165) is 11.1 Å². The predicted molar refractivity (Wildman–Crippen MR) is 109 cm³/mol. The van der Waals surface area contributed by atoms with Gasteiger partial charge in [-0.2, -0.15) is 0 Å². The van der Waals surface area contributed by atoms with Crippen LogP contribution in [-0.4, -0.2) is 28.2 Å². The van der Waals surface area contributed by atoms with Gasteiger partial charge in [-0.15, -0.1) is 0 Å². The van der Waals surface area contributed by atoms with Gasteiger partial charge in [-0.3, -0.25) is 9.59 Å². The zero-order chi connectivity index (χ0) is 20.4. The number of likely N-dealkylation sites (tertiary alicyclic amines) is 1. The van der Waals surface area contributed by atoms with Crippen molar-refractivity contribution in [3.05, 3.63) is 101 Å². The molecule has 29 heavy (non-hydrogen) atoms. The van der Waals surface area contributed by atoms with E-state index >= 15 is 0 Å². The number of furan rings is 1. The molecule has 1 amide bonds. The van der Waals surface area contributed by atoms with E-state index in [9.17, 15) is 14.7 Å². The summed E-state index contributed by atoms with van der Waals surface area (Å²) in [6.07, 6.45) is 2.09. The number of rotatable bonds is 5. The molecule has 0 bridgehead atoms. The third-order valence-corrected chi connectivity index (χ3v) is 5.16. The van der Waals surface area contributed by atoms with Gasteiger partial charge in [-0.05, 0) is 31.0 Å². The number of amides is 1. The molecule has 3 aromatic rings. The first kappa shape index (κ1) is 18.7. The lowest BCUT2D eigenvalue weighted by Gasteiger charge is -2.23. The van der Waals surface area contributed by atoms with Crippen LogP contribution in [-0.2, 0) is 16.0 Å². The summed E-state index contributed by atoms with van der Waals surface area (Å²) in [5, 5.41) is 10.9. The number of Topliss-reactive ketones (excluding diaryl/α,β-unsaturated/α-hetero) is 1. The highest BCUT2D eigenvalue weighted by molar-refractivity contribution is 6.46. The van der Waals surface area contributed by atoms with Gasteiger partial charge in [0.1, 0.15) is 17.6 Å². The molecule has 1 atom stereocenters. The third kappa shape index (κ3) is 3.59. The Hall–Kier alpha value is -3.60. The zero-order valence-electron chi connectivity index (χ0n) is 16.0. The molecule has 5 nitrogen and oxygen atoms in total. The van der Waals surface area contributed by atoms with Crippen molar-refractivity contribution >= 4 is 17.4 Å². The molecule has 1 unspecified atom stereocenters. The van der Waals surface area contributed by atoms with Crippen molar-refractivity contribution < 1.29 is 19.1 Å². The SMILES string of the molecule is Cc1ccc(/C(O)=C2\C(=O)C(=O)N(CCc3ccccc3)C2c2ccco2)cc1. The fraction of sp³-hybridized carbons (Fsp3) is 0.167. The second-order valence-electron chi connectivity index (χ2n) is 7.11. The average molecular weight is 387 g/mol. The normalized spacial score (nSPS) is 18.4. The Morgan fingerprint density at radius 1 is 1.00 bits per heavy atom. The van der Waals surface area contributed by atoms with Crippen LogP contribution in [0.15, 0.2) is 83.0 Å². The smallest absolute Gasteiger partial charge is 0.295 e. The summed E-state index contributed by atoms with van der Waals surface area (Å²) >= 11 is 0. The van der Waals surface area contributed by atoms with E-state index in [4.69, 9.17) is 4.42 Å². The van der Waals surface area contributed by atoms with Crippen LogP contribution in [0.3, 0.4) is 0 Å². The molecule has 0 aliphatic carbocycles. The maximum absolute atomic E-state index is 12.9. The summed E-state index contributed by atoms with van der Waals surface area (Å²) in [7, 11) is 0. The number of nitrogens with zero attached hydrogens (tertiary/aromatic N) is 1. The van der Waals surface area contributed by atoms with Gasteiger partial charge in [-0.1, -0.05) is 60.2 Å². The number of hydrogen-bond acceptors (Lipinski definition) is 4.